The number of hydrogen-bond acceptors (Lipinski definition) is 4. The van der Waals surface area contributed by atoms with Crippen LogP contribution in [-0.4, -0.2) is 27.7 Å². The van der Waals surface area contributed by atoms with Crippen LogP contribution in [0, 0.1) is 9.49 Å². The monoisotopic (exact) mass is 321 g/mol. The molecule has 4 nitrogen and oxygen atoms in total. The number of rotatable bonds is 5. The van der Waals surface area contributed by atoms with Gasteiger partial charge in [0.25, 0.3) is 0 Å². The number of nitrogens with zero attached hydrogens (tertiary/aromatic N) is 2. The smallest absolute Gasteiger partial charge is 0.222 e. The molecule has 1 heterocycles. The van der Waals surface area contributed by atoms with Crippen LogP contribution in [0.25, 0.3) is 0 Å². The molecule has 1 atom stereocenters. The molecule has 15 heavy (non-hydrogen) atoms. The normalized spacial score (nSPS) is 12.9. The Morgan fingerprint density at radius 1 is 1.40 bits per heavy atom. The van der Waals surface area contributed by atoms with E-state index >= 15 is 0 Å². The van der Waals surface area contributed by atoms with E-state index in [1.165, 1.54) is 0 Å². The second kappa shape index (κ2) is 6.22. The van der Waals surface area contributed by atoms with Crippen molar-refractivity contribution in [3.63, 3.8) is 0 Å². The van der Waals surface area contributed by atoms with Gasteiger partial charge in [-0.1, -0.05) is 13.8 Å². The molecule has 1 aromatic rings. The van der Waals surface area contributed by atoms with E-state index in [1.54, 1.807) is 12.4 Å². The van der Waals surface area contributed by atoms with E-state index in [1.807, 2.05) is 0 Å². The van der Waals surface area contributed by atoms with Gasteiger partial charge < -0.3 is 10.4 Å². The van der Waals surface area contributed by atoms with Crippen molar-refractivity contribution in [2.45, 2.75) is 26.4 Å². The van der Waals surface area contributed by atoms with Crippen molar-refractivity contribution in [2.75, 3.05) is 11.9 Å². The third-order valence-corrected chi connectivity index (χ3v) is 2.42. The Morgan fingerprint density at radius 2 is 2.00 bits per heavy atom. The lowest BCUT2D eigenvalue weighted by molar-refractivity contribution is 0.161. The first kappa shape index (κ1) is 12.6. The summed E-state index contributed by atoms with van der Waals surface area (Å²) in [6.07, 6.45) is 3.93. The molecule has 0 aliphatic rings. The van der Waals surface area contributed by atoms with Gasteiger partial charge in [0.15, 0.2) is 0 Å². The van der Waals surface area contributed by atoms with Crippen LogP contribution in [0.15, 0.2) is 12.4 Å². The highest BCUT2D eigenvalue weighted by Gasteiger charge is 2.06. The molecule has 0 aromatic carbocycles. The summed E-state index contributed by atoms with van der Waals surface area (Å²) >= 11 is 2.15. The number of halogens is 1. The predicted octanol–water partition coefficient (Wildman–Crippen LogP) is 1.90. The predicted molar refractivity (Wildman–Crippen MR) is 68.7 cm³/mol. The average Bonchev–Trinajstić information content (AvgIpc) is 2.16. The van der Waals surface area contributed by atoms with Crippen LogP contribution in [0.1, 0.15) is 20.3 Å². The van der Waals surface area contributed by atoms with E-state index in [0.29, 0.717) is 18.4 Å². The molecule has 1 unspecified atom stereocenters. The van der Waals surface area contributed by atoms with Gasteiger partial charge in [0.1, 0.15) is 0 Å². The van der Waals surface area contributed by atoms with E-state index in [2.05, 4.69) is 51.7 Å². The van der Waals surface area contributed by atoms with Crippen LogP contribution >= 0.6 is 22.6 Å². The van der Waals surface area contributed by atoms with Crippen molar-refractivity contribution in [2.24, 2.45) is 5.92 Å². The first-order valence-corrected chi connectivity index (χ1v) is 6.05. The van der Waals surface area contributed by atoms with E-state index in [4.69, 9.17) is 0 Å². The van der Waals surface area contributed by atoms with Crippen molar-refractivity contribution >= 4 is 28.5 Å². The molecule has 0 radical (unpaired) electrons. The molecule has 84 valence electrons. The summed E-state index contributed by atoms with van der Waals surface area (Å²) in [5.41, 5.74) is 0. The third kappa shape index (κ3) is 5.27. The molecule has 1 aromatic heterocycles. The number of anilines is 1. The molecular formula is C10H16IN3O. The lowest BCUT2D eigenvalue weighted by Crippen LogP contribution is -2.22. The van der Waals surface area contributed by atoms with E-state index in [-0.39, 0.29) is 6.10 Å². The molecule has 0 aliphatic carbocycles. The van der Waals surface area contributed by atoms with Crippen LogP contribution in [0.2, 0.25) is 0 Å². The fraction of sp³-hybridized carbons (Fsp3) is 0.600. The fourth-order valence-electron chi connectivity index (χ4n) is 1.24. The average molecular weight is 321 g/mol. The molecule has 0 saturated carbocycles. The van der Waals surface area contributed by atoms with Gasteiger partial charge in [-0.2, -0.15) is 0 Å². The maximum atomic E-state index is 9.62. The lowest BCUT2D eigenvalue weighted by atomic mass is 10.1. The Kier molecular flexibility index (Phi) is 5.24. The SMILES string of the molecule is CC(C)CC(O)CNc1ncc(I)cn1. The van der Waals surface area contributed by atoms with Gasteiger partial charge in [-0.15, -0.1) is 0 Å². The van der Waals surface area contributed by atoms with E-state index < -0.39 is 0 Å². The summed E-state index contributed by atoms with van der Waals surface area (Å²) in [6.45, 7) is 4.67. The highest BCUT2D eigenvalue weighted by Crippen LogP contribution is 2.06. The van der Waals surface area contributed by atoms with Crippen molar-refractivity contribution in [3.8, 4) is 0 Å². The molecular weight excluding hydrogens is 305 g/mol. The summed E-state index contributed by atoms with van der Waals surface area (Å²) in [7, 11) is 0. The molecule has 0 amide bonds. The van der Waals surface area contributed by atoms with Gasteiger partial charge in [-0.25, -0.2) is 9.97 Å². The van der Waals surface area contributed by atoms with Gasteiger partial charge in [0.05, 0.1) is 6.10 Å². The zero-order valence-electron chi connectivity index (χ0n) is 8.94. The Balaban J connectivity index is 2.33. The van der Waals surface area contributed by atoms with Gasteiger partial charge in [0.2, 0.25) is 5.95 Å². The van der Waals surface area contributed by atoms with Crippen LogP contribution in [-0.2, 0) is 0 Å². The largest absolute Gasteiger partial charge is 0.391 e. The fourth-order valence-corrected chi connectivity index (χ4v) is 1.52. The highest BCUT2D eigenvalue weighted by atomic mass is 127. The Labute approximate surface area is 104 Å². The molecule has 0 fully saturated rings. The number of aromatic nitrogens is 2. The minimum atomic E-state index is -0.340. The summed E-state index contributed by atoms with van der Waals surface area (Å²) in [5.74, 6) is 1.07. The topological polar surface area (TPSA) is 58.0 Å². The minimum absolute atomic E-state index is 0.340. The van der Waals surface area contributed by atoms with E-state index in [0.717, 1.165) is 9.99 Å². The van der Waals surface area contributed by atoms with Crippen LogP contribution in [0.4, 0.5) is 5.95 Å². The minimum Gasteiger partial charge on any atom is -0.391 e. The van der Waals surface area contributed by atoms with E-state index in [9.17, 15) is 5.11 Å². The second-order valence-electron chi connectivity index (χ2n) is 3.89. The van der Waals surface area contributed by atoms with Crippen molar-refractivity contribution < 1.29 is 5.11 Å². The lowest BCUT2D eigenvalue weighted by Gasteiger charge is -2.13. The first-order chi connectivity index (χ1) is 7.08. The summed E-state index contributed by atoms with van der Waals surface area (Å²) in [5, 5.41) is 12.6. The standard InChI is InChI=1S/C10H16IN3O/c1-7(2)3-9(15)6-14-10-12-4-8(11)5-13-10/h4-5,7,9,15H,3,6H2,1-2H3,(H,12,13,14). The van der Waals surface area contributed by atoms with Crippen molar-refractivity contribution in [1.29, 1.82) is 0 Å². The summed E-state index contributed by atoms with van der Waals surface area (Å²) < 4.78 is 1.00. The third-order valence-electron chi connectivity index (χ3n) is 1.86. The number of hydrogen-bond donors (Lipinski definition) is 2. The zero-order chi connectivity index (χ0) is 11.3. The van der Waals surface area contributed by atoms with Gasteiger partial charge in [-0.3, -0.25) is 0 Å². The highest BCUT2D eigenvalue weighted by molar-refractivity contribution is 14.1. The Bertz CT molecular complexity index is 289. The Hall–Kier alpha value is -0.430. The van der Waals surface area contributed by atoms with Gasteiger partial charge >= 0.3 is 0 Å². The number of nitrogens with one attached hydrogen (secondary N) is 1. The maximum Gasteiger partial charge on any atom is 0.222 e. The second-order valence-corrected chi connectivity index (χ2v) is 5.13. The molecule has 0 aliphatic heterocycles. The molecule has 1 rings (SSSR count). The van der Waals surface area contributed by atoms with Gasteiger partial charge in [0, 0.05) is 22.5 Å². The molecule has 0 spiro atoms. The maximum absolute atomic E-state index is 9.62. The summed E-state index contributed by atoms with van der Waals surface area (Å²) in [6, 6.07) is 0. The molecule has 0 saturated heterocycles. The molecule has 5 heteroatoms. The van der Waals surface area contributed by atoms with Gasteiger partial charge in [-0.05, 0) is 34.9 Å². The molecule has 0 bridgehead atoms. The van der Waals surface area contributed by atoms with Crippen LogP contribution in [0.5, 0.6) is 0 Å². The van der Waals surface area contributed by atoms with Crippen molar-refractivity contribution in [1.82, 2.24) is 9.97 Å². The summed E-state index contributed by atoms with van der Waals surface area (Å²) in [4.78, 5) is 8.18. The van der Waals surface area contributed by atoms with Crippen LogP contribution in [0.3, 0.4) is 0 Å². The Morgan fingerprint density at radius 3 is 2.53 bits per heavy atom. The number of aliphatic hydroxyl groups is 1. The quantitative estimate of drug-likeness (QED) is 0.814. The zero-order valence-corrected chi connectivity index (χ0v) is 11.1. The molecule has 2 N–H and O–H groups in total. The number of aliphatic hydroxyl groups excluding tert-OH is 1. The van der Waals surface area contributed by atoms with Crippen LogP contribution < -0.4 is 5.32 Å². The van der Waals surface area contributed by atoms with Crippen molar-refractivity contribution in [3.05, 3.63) is 16.0 Å². The first-order valence-electron chi connectivity index (χ1n) is 4.97.